The molecule has 114 valence electrons. The average Bonchev–Trinajstić information content (AvgIpc) is 3.04. The van der Waals surface area contributed by atoms with E-state index < -0.39 is 0 Å². The van der Waals surface area contributed by atoms with Crippen LogP contribution in [0.4, 0.5) is 0 Å². The summed E-state index contributed by atoms with van der Waals surface area (Å²) in [4.78, 5) is 18.8. The van der Waals surface area contributed by atoms with Gasteiger partial charge in [0.2, 0.25) is 5.91 Å². The molecular formula is C19H22N2O. The van der Waals surface area contributed by atoms with Crippen LogP contribution < -0.4 is 0 Å². The third kappa shape index (κ3) is 2.89. The second kappa shape index (κ2) is 6.30. The molecule has 0 saturated carbocycles. The fourth-order valence-electron chi connectivity index (χ4n) is 3.24. The van der Waals surface area contributed by atoms with E-state index in [0.29, 0.717) is 6.42 Å². The summed E-state index contributed by atoms with van der Waals surface area (Å²) in [7, 11) is 0. The molecule has 1 saturated heterocycles. The molecular weight excluding hydrogens is 272 g/mol. The third-order valence-electron chi connectivity index (χ3n) is 4.30. The molecule has 22 heavy (non-hydrogen) atoms. The Morgan fingerprint density at radius 2 is 2.00 bits per heavy atom. The first-order chi connectivity index (χ1) is 10.7. The molecule has 3 nitrogen and oxygen atoms in total. The molecule has 0 N–H and O–H groups in total. The van der Waals surface area contributed by atoms with E-state index in [-0.39, 0.29) is 11.9 Å². The number of likely N-dealkylation sites (tertiary alicyclic amines) is 1. The van der Waals surface area contributed by atoms with Crippen LogP contribution in [-0.2, 0) is 4.79 Å². The molecule has 1 atom stereocenters. The molecule has 1 fully saturated rings. The number of carbonyl (C=O) groups excluding carboxylic acids is 1. The first-order valence-corrected chi connectivity index (χ1v) is 8.02. The zero-order valence-electron chi connectivity index (χ0n) is 13.2. The average molecular weight is 294 g/mol. The quantitative estimate of drug-likeness (QED) is 0.852. The molecule has 1 unspecified atom stereocenters. The Labute approximate surface area is 132 Å². The van der Waals surface area contributed by atoms with E-state index >= 15 is 0 Å². The lowest BCUT2D eigenvalue weighted by atomic mass is 10.0. The van der Waals surface area contributed by atoms with E-state index in [1.807, 2.05) is 36.9 Å². The molecule has 2 aromatic rings. The molecule has 1 aromatic heterocycles. The molecule has 1 amide bonds. The predicted molar refractivity (Wildman–Crippen MR) is 88.4 cm³/mol. The van der Waals surface area contributed by atoms with Crippen LogP contribution in [0.5, 0.6) is 0 Å². The molecule has 1 aliphatic heterocycles. The maximum absolute atomic E-state index is 12.1. The number of hydrogen-bond acceptors (Lipinski definition) is 2. The van der Waals surface area contributed by atoms with Crippen LogP contribution in [0, 0.1) is 6.92 Å². The van der Waals surface area contributed by atoms with E-state index in [0.717, 1.165) is 30.8 Å². The van der Waals surface area contributed by atoms with Gasteiger partial charge in [0.1, 0.15) is 0 Å². The fraction of sp³-hybridized carbons (Fsp3) is 0.368. The van der Waals surface area contributed by atoms with Crippen molar-refractivity contribution in [1.29, 1.82) is 0 Å². The normalized spacial score (nSPS) is 17.7. The van der Waals surface area contributed by atoms with Crippen molar-refractivity contribution in [3.8, 4) is 11.1 Å². The topological polar surface area (TPSA) is 33.2 Å². The fourth-order valence-corrected chi connectivity index (χ4v) is 3.24. The molecule has 0 aliphatic carbocycles. The third-order valence-corrected chi connectivity index (χ3v) is 4.30. The Morgan fingerprint density at radius 1 is 1.23 bits per heavy atom. The minimum atomic E-state index is 0.134. The van der Waals surface area contributed by atoms with Gasteiger partial charge >= 0.3 is 0 Å². The van der Waals surface area contributed by atoms with E-state index in [2.05, 4.69) is 24.3 Å². The highest BCUT2D eigenvalue weighted by Gasteiger charge is 2.30. The summed E-state index contributed by atoms with van der Waals surface area (Å²) in [6, 6.07) is 14.7. The van der Waals surface area contributed by atoms with Gasteiger partial charge in [0, 0.05) is 18.7 Å². The lowest BCUT2D eigenvalue weighted by Gasteiger charge is -2.24. The zero-order valence-corrected chi connectivity index (χ0v) is 13.2. The number of hydrogen-bond donors (Lipinski definition) is 0. The van der Waals surface area contributed by atoms with Gasteiger partial charge in [-0.1, -0.05) is 37.3 Å². The van der Waals surface area contributed by atoms with Gasteiger partial charge in [-0.25, -0.2) is 0 Å². The van der Waals surface area contributed by atoms with Crippen LogP contribution in [0.2, 0.25) is 0 Å². The summed E-state index contributed by atoms with van der Waals surface area (Å²) in [5, 5.41) is 0. The Balaban J connectivity index is 1.98. The van der Waals surface area contributed by atoms with Crippen molar-refractivity contribution in [1.82, 2.24) is 9.88 Å². The number of pyridine rings is 1. The van der Waals surface area contributed by atoms with Crippen molar-refractivity contribution in [2.45, 2.75) is 39.2 Å². The SMILES string of the molecule is CCC(=O)N1CCCC1c1cc(-c2ccccc2)cc(C)n1. The Morgan fingerprint density at radius 3 is 2.73 bits per heavy atom. The zero-order chi connectivity index (χ0) is 15.5. The molecule has 3 heteroatoms. The summed E-state index contributed by atoms with van der Waals surface area (Å²) in [6.07, 6.45) is 2.64. The Kier molecular flexibility index (Phi) is 4.23. The smallest absolute Gasteiger partial charge is 0.222 e. The first kappa shape index (κ1) is 14.8. The van der Waals surface area contributed by atoms with Crippen molar-refractivity contribution in [2.75, 3.05) is 6.54 Å². The molecule has 2 heterocycles. The van der Waals surface area contributed by atoms with Crippen molar-refractivity contribution in [2.24, 2.45) is 0 Å². The first-order valence-electron chi connectivity index (χ1n) is 8.02. The summed E-state index contributed by atoms with van der Waals surface area (Å²) >= 11 is 0. The number of rotatable bonds is 3. The maximum Gasteiger partial charge on any atom is 0.222 e. The number of nitrogens with zero attached hydrogens (tertiary/aromatic N) is 2. The number of amides is 1. The molecule has 1 aliphatic rings. The van der Waals surface area contributed by atoms with Gasteiger partial charge in [0.15, 0.2) is 0 Å². The number of aryl methyl sites for hydroxylation is 1. The molecule has 0 bridgehead atoms. The summed E-state index contributed by atoms with van der Waals surface area (Å²) in [6.45, 7) is 4.81. The van der Waals surface area contributed by atoms with E-state index in [1.54, 1.807) is 0 Å². The van der Waals surface area contributed by atoms with E-state index in [9.17, 15) is 4.79 Å². The van der Waals surface area contributed by atoms with Crippen LogP contribution in [0.25, 0.3) is 11.1 Å². The second-order valence-electron chi connectivity index (χ2n) is 5.89. The van der Waals surface area contributed by atoms with Crippen molar-refractivity contribution >= 4 is 5.91 Å². The Bertz CT molecular complexity index is 666. The monoisotopic (exact) mass is 294 g/mol. The molecule has 0 radical (unpaired) electrons. The van der Waals surface area contributed by atoms with Crippen LogP contribution in [0.15, 0.2) is 42.5 Å². The Hall–Kier alpha value is -2.16. The van der Waals surface area contributed by atoms with Crippen LogP contribution >= 0.6 is 0 Å². The largest absolute Gasteiger partial charge is 0.334 e. The highest BCUT2D eigenvalue weighted by molar-refractivity contribution is 5.76. The minimum absolute atomic E-state index is 0.134. The predicted octanol–water partition coefficient (Wildman–Crippen LogP) is 4.13. The van der Waals surface area contributed by atoms with Crippen LogP contribution in [0.1, 0.15) is 43.6 Å². The maximum atomic E-state index is 12.1. The van der Waals surface area contributed by atoms with Crippen LogP contribution in [0.3, 0.4) is 0 Å². The van der Waals surface area contributed by atoms with Crippen molar-refractivity contribution in [3.05, 3.63) is 53.9 Å². The van der Waals surface area contributed by atoms with E-state index in [1.165, 1.54) is 11.1 Å². The number of carbonyl (C=O) groups is 1. The lowest BCUT2D eigenvalue weighted by molar-refractivity contribution is -0.131. The van der Waals surface area contributed by atoms with E-state index in [4.69, 9.17) is 4.98 Å². The highest BCUT2D eigenvalue weighted by Crippen LogP contribution is 2.33. The van der Waals surface area contributed by atoms with Gasteiger partial charge in [-0.15, -0.1) is 0 Å². The standard InChI is InChI=1S/C19H22N2O/c1-3-19(22)21-11-7-10-18(21)17-13-16(12-14(2)20-17)15-8-5-4-6-9-15/h4-6,8-9,12-13,18H,3,7,10-11H2,1-2H3. The van der Waals surface area contributed by atoms with Gasteiger partial charge in [0.05, 0.1) is 11.7 Å². The van der Waals surface area contributed by atoms with Gasteiger partial charge < -0.3 is 4.90 Å². The molecule has 0 spiro atoms. The summed E-state index contributed by atoms with van der Waals surface area (Å²) < 4.78 is 0. The summed E-state index contributed by atoms with van der Waals surface area (Å²) in [5.74, 6) is 0.229. The second-order valence-corrected chi connectivity index (χ2v) is 5.89. The molecule has 1 aromatic carbocycles. The van der Waals surface area contributed by atoms with Gasteiger partial charge in [-0.3, -0.25) is 9.78 Å². The van der Waals surface area contributed by atoms with Gasteiger partial charge in [-0.2, -0.15) is 0 Å². The van der Waals surface area contributed by atoms with Crippen LogP contribution in [-0.4, -0.2) is 22.3 Å². The lowest BCUT2D eigenvalue weighted by Crippen LogP contribution is -2.30. The summed E-state index contributed by atoms with van der Waals surface area (Å²) in [5.41, 5.74) is 4.41. The highest BCUT2D eigenvalue weighted by atomic mass is 16.2. The van der Waals surface area contributed by atoms with Gasteiger partial charge in [0.25, 0.3) is 0 Å². The number of benzene rings is 1. The van der Waals surface area contributed by atoms with Crippen molar-refractivity contribution < 1.29 is 4.79 Å². The van der Waals surface area contributed by atoms with Crippen molar-refractivity contribution in [3.63, 3.8) is 0 Å². The number of aromatic nitrogens is 1. The minimum Gasteiger partial charge on any atom is -0.334 e. The molecule has 3 rings (SSSR count). The van der Waals surface area contributed by atoms with Gasteiger partial charge in [-0.05, 0) is 43.0 Å².